The number of carbonyl (C=O) groups excluding carboxylic acids is 2. The number of rotatable bonds is 7. The molecule has 0 atom stereocenters. The highest BCUT2D eigenvalue weighted by Gasteiger charge is 2.10. The molecule has 6 heteroatoms. The van der Waals surface area contributed by atoms with Crippen LogP contribution >= 0.6 is 0 Å². The molecule has 3 aromatic rings. The van der Waals surface area contributed by atoms with Crippen molar-refractivity contribution in [3.63, 3.8) is 0 Å². The summed E-state index contributed by atoms with van der Waals surface area (Å²) in [5, 5.41) is 5.67. The zero-order valence-corrected chi connectivity index (χ0v) is 17.2. The first-order valence-corrected chi connectivity index (χ1v) is 9.50. The Kier molecular flexibility index (Phi) is 6.70. The van der Waals surface area contributed by atoms with Gasteiger partial charge in [-0.3, -0.25) is 9.59 Å². The van der Waals surface area contributed by atoms with Crippen molar-refractivity contribution in [3.8, 4) is 11.5 Å². The number of methoxy groups -OCH3 is 1. The summed E-state index contributed by atoms with van der Waals surface area (Å²) in [6, 6.07) is 19.5. The predicted octanol–water partition coefficient (Wildman–Crippen LogP) is 4.58. The number of benzene rings is 3. The second-order valence-electron chi connectivity index (χ2n) is 6.79. The van der Waals surface area contributed by atoms with Crippen molar-refractivity contribution in [1.82, 2.24) is 0 Å². The summed E-state index contributed by atoms with van der Waals surface area (Å²) in [4.78, 5) is 24.5. The minimum atomic E-state index is -0.281. The van der Waals surface area contributed by atoms with Gasteiger partial charge in [-0.25, -0.2) is 0 Å². The highest BCUT2D eigenvalue weighted by Crippen LogP contribution is 2.20. The van der Waals surface area contributed by atoms with Crippen molar-refractivity contribution in [2.75, 3.05) is 24.4 Å². The first-order chi connectivity index (χ1) is 14.5. The summed E-state index contributed by atoms with van der Waals surface area (Å²) in [7, 11) is 1.58. The molecule has 0 saturated carbocycles. The van der Waals surface area contributed by atoms with Gasteiger partial charge in [0.2, 0.25) is 0 Å². The van der Waals surface area contributed by atoms with E-state index >= 15 is 0 Å². The van der Waals surface area contributed by atoms with Crippen LogP contribution in [0.25, 0.3) is 0 Å². The van der Waals surface area contributed by atoms with Crippen molar-refractivity contribution in [2.24, 2.45) is 0 Å². The Bertz CT molecular complexity index is 1030. The molecule has 0 aliphatic carbocycles. The van der Waals surface area contributed by atoms with Crippen LogP contribution < -0.4 is 20.1 Å². The number of anilines is 2. The van der Waals surface area contributed by atoms with Crippen LogP contribution in [0.5, 0.6) is 11.5 Å². The normalized spacial score (nSPS) is 10.2. The molecule has 0 radical (unpaired) electrons. The van der Waals surface area contributed by atoms with E-state index in [1.54, 1.807) is 55.6 Å². The molecule has 0 bridgehead atoms. The molecule has 3 rings (SSSR count). The summed E-state index contributed by atoms with van der Waals surface area (Å²) in [5.74, 6) is 0.735. The van der Waals surface area contributed by atoms with E-state index in [4.69, 9.17) is 9.47 Å². The second-order valence-corrected chi connectivity index (χ2v) is 6.79. The number of amides is 2. The largest absolute Gasteiger partial charge is 0.497 e. The molecule has 0 spiro atoms. The minimum absolute atomic E-state index is 0.139. The lowest BCUT2D eigenvalue weighted by molar-refractivity contribution is -0.118. The Morgan fingerprint density at radius 3 is 2.17 bits per heavy atom. The molecular weight excluding hydrogens is 380 g/mol. The molecule has 3 aromatic carbocycles. The van der Waals surface area contributed by atoms with Gasteiger partial charge in [-0.15, -0.1) is 0 Å². The number of hydrogen-bond donors (Lipinski definition) is 2. The minimum Gasteiger partial charge on any atom is -0.497 e. The molecule has 0 aliphatic heterocycles. The average molecular weight is 404 g/mol. The molecule has 6 nitrogen and oxygen atoms in total. The monoisotopic (exact) mass is 404 g/mol. The van der Waals surface area contributed by atoms with Crippen molar-refractivity contribution >= 4 is 23.2 Å². The topological polar surface area (TPSA) is 76.7 Å². The Hall–Kier alpha value is -3.80. The van der Waals surface area contributed by atoms with E-state index in [0.29, 0.717) is 22.7 Å². The number of aryl methyl sites for hydroxylation is 1. The Morgan fingerprint density at radius 2 is 1.50 bits per heavy atom. The Labute approximate surface area is 175 Å². The van der Waals surface area contributed by atoms with Gasteiger partial charge in [0.05, 0.1) is 7.11 Å². The molecule has 0 aromatic heterocycles. The van der Waals surface area contributed by atoms with Gasteiger partial charge in [0, 0.05) is 16.9 Å². The maximum atomic E-state index is 12.5. The zero-order chi connectivity index (χ0) is 21.5. The second kappa shape index (κ2) is 9.60. The fourth-order valence-corrected chi connectivity index (χ4v) is 2.80. The highest BCUT2D eigenvalue weighted by atomic mass is 16.5. The average Bonchev–Trinajstić information content (AvgIpc) is 2.76. The number of carbonyl (C=O) groups is 2. The van der Waals surface area contributed by atoms with E-state index in [9.17, 15) is 9.59 Å². The van der Waals surface area contributed by atoms with Crippen LogP contribution in [0.3, 0.4) is 0 Å². The van der Waals surface area contributed by atoms with Crippen LogP contribution in [-0.2, 0) is 4.79 Å². The summed E-state index contributed by atoms with van der Waals surface area (Å²) >= 11 is 0. The van der Waals surface area contributed by atoms with E-state index in [0.717, 1.165) is 16.8 Å². The van der Waals surface area contributed by atoms with Crippen LogP contribution in [0, 0.1) is 13.8 Å². The standard InChI is InChI=1S/C24H24N2O4/c1-16-5-4-6-22(17(16)2)26-24(28)18-7-11-21(12-8-18)30-15-23(27)25-19-9-13-20(29-3)14-10-19/h4-14H,15H2,1-3H3,(H,25,27)(H,26,28). The Morgan fingerprint density at radius 1 is 0.833 bits per heavy atom. The smallest absolute Gasteiger partial charge is 0.262 e. The molecule has 154 valence electrons. The third kappa shape index (κ3) is 5.38. The van der Waals surface area contributed by atoms with Crippen LogP contribution in [0.1, 0.15) is 21.5 Å². The van der Waals surface area contributed by atoms with E-state index in [2.05, 4.69) is 10.6 Å². The quantitative estimate of drug-likeness (QED) is 0.604. The van der Waals surface area contributed by atoms with Crippen LogP contribution in [0.15, 0.2) is 66.7 Å². The van der Waals surface area contributed by atoms with Gasteiger partial charge in [-0.1, -0.05) is 12.1 Å². The SMILES string of the molecule is COc1ccc(NC(=O)COc2ccc(C(=O)Nc3cccc(C)c3C)cc2)cc1. The fraction of sp³-hybridized carbons (Fsp3) is 0.167. The molecule has 30 heavy (non-hydrogen) atoms. The molecule has 0 fully saturated rings. The Balaban J connectivity index is 1.53. The van der Waals surface area contributed by atoms with E-state index in [1.807, 2.05) is 32.0 Å². The summed E-state index contributed by atoms with van der Waals surface area (Å²) < 4.78 is 10.6. The zero-order valence-electron chi connectivity index (χ0n) is 17.2. The van der Waals surface area contributed by atoms with Crippen LogP contribution in [0.4, 0.5) is 11.4 Å². The van der Waals surface area contributed by atoms with E-state index < -0.39 is 0 Å². The summed E-state index contributed by atoms with van der Waals surface area (Å²) in [6.45, 7) is 3.83. The lowest BCUT2D eigenvalue weighted by Gasteiger charge is -2.11. The van der Waals surface area contributed by atoms with Gasteiger partial charge >= 0.3 is 0 Å². The molecular formula is C24H24N2O4. The number of nitrogens with one attached hydrogen (secondary N) is 2. The van der Waals surface area contributed by atoms with Crippen molar-refractivity contribution in [1.29, 1.82) is 0 Å². The predicted molar refractivity (Wildman–Crippen MR) is 117 cm³/mol. The van der Waals surface area contributed by atoms with Gasteiger partial charge in [0.1, 0.15) is 11.5 Å². The van der Waals surface area contributed by atoms with Crippen LogP contribution in [0.2, 0.25) is 0 Å². The van der Waals surface area contributed by atoms with Gasteiger partial charge in [-0.05, 0) is 79.6 Å². The fourth-order valence-electron chi connectivity index (χ4n) is 2.80. The molecule has 2 amide bonds. The molecule has 2 N–H and O–H groups in total. The summed E-state index contributed by atoms with van der Waals surface area (Å²) in [6.07, 6.45) is 0. The van der Waals surface area contributed by atoms with Gasteiger partial charge in [0.25, 0.3) is 11.8 Å². The number of ether oxygens (including phenoxy) is 2. The van der Waals surface area contributed by atoms with Gasteiger partial charge < -0.3 is 20.1 Å². The highest BCUT2D eigenvalue weighted by molar-refractivity contribution is 6.04. The lowest BCUT2D eigenvalue weighted by atomic mass is 10.1. The van der Waals surface area contributed by atoms with E-state index in [1.165, 1.54) is 0 Å². The van der Waals surface area contributed by atoms with Crippen LogP contribution in [-0.4, -0.2) is 25.5 Å². The third-order valence-electron chi connectivity index (χ3n) is 4.71. The molecule has 0 unspecified atom stereocenters. The first-order valence-electron chi connectivity index (χ1n) is 9.50. The molecule has 0 aliphatic rings. The van der Waals surface area contributed by atoms with Gasteiger partial charge in [0.15, 0.2) is 6.61 Å². The van der Waals surface area contributed by atoms with Gasteiger partial charge in [-0.2, -0.15) is 0 Å². The third-order valence-corrected chi connectivity index (χ3v) is 4.71. The van der Waals surface area contributed by atoms with E-state index in [-0.39, 0.29) is 18.4 Å². The lowest BCUT2D eigenvalue weighted by Crippen LogP contribution is -2.20. The summed E-state index contributed by atoms with van der Waals surface area (Å²) in [5.41, 5.74) is 4.10. The number of hydrogen-bond acceptors (Lipinski definition) is 4. The maximum absolute atomic E-state index is 12.5. The molecule has 0 heterocycles. The molecule has 0 saturated heterocycles. The van der Waals surface area contributed by atoms with Crippen molar-refractivity contribution in [2.45, 2.75) is 13.8 Å². The van der Waals surface area contributed by atoms with Crippen molar-refractivity contribution < 1.29 is 19.1 Å². The first kappa shape index (κ1) is 20.9. The van der Waals surface area contributed by atoms with Crippen molar-refractivity contribution in [3.05, 3.63) is 83.4 Å². The maximum Gasteiger partial charge on any atom is 0.262 e.